The van der Waals surface area contributed by atoms with Crippen LogP contribution in [0.3, 0.4) is 0 Å². The maximum Gasteiger partial charge on any atom is 0.305 e. The van der Waals surface area contributed by atoms with Crippen molar-refractivity contribution in [3.05, 3.63) is 34.7 Å². The van der Waals surface area contributed by atoms with E-state index >= 15 is 0 Å². The van der Waals surface area contributed by atoms with Gasteiger partial charge >= 0.3 is 5.97 Å². The number of Topliss-reactive ketones (excluding diaryl/α,β-unsaturated/α-hetero) is 1. The number of fused-ring (bicyclic) bond motifs is 4. The molecule has 0 fully saturated rings. The number of aliphatic hydroxyl groups is 1. The van der Waals surface area contributed by atoms with Crippen LogP contribution in [0.25, 0.3) is 16.3 Å². The van der Waals surface area contributed by atoms with E-state index in [9.17, 15) is 24.9 Å². The summed E-state index contributed by atoms with van der Waals surface area (Å²) in [5, 5.41) is 31.8. The van der Waals surface area contributed by atoms with Gasteiger partial charge in [0.15, 0.2) is 5.78 Å². The largest absolute Gasteiger partial charge is 0.507 e. The number of carbonyl (C=O) groups is 2. The number of benzene rings is 1. The number of nitrogens with zero attached hydrogens (tertiary/aromatic N) is 1. The first-order valence-corrected chi connectivity index (χ1v) is 10.0. The Morgan fingerprint density at radius 3 is 2.83 bits per heavy atom. The van der Waals surface area contributed by atoms with Crippen LogP contribution in [-0.2, 0) is 16.0 Å². The molecule has 5 rings (SSSR count). The summed E-state index contributed by atoms with van der Waals surface area (Å²) in [6.45, 7) is 3.52. The predicted octanol–water partition coefficient (Wildman–Crippen LogP) is 2.82. The second kappa shape index (κ2) is 6.18. The Bertz CT molecular complexity index is 1110. The maximum absolute atomic E-state index is 13.4. The van der Waals surface area contributed by atoms with E-state index in [4.69, 9.17) is 4.74 Å². The lowest BCUT2D eigenvalue weighted by molar-refractivity contribution is -0.140. The molecular weight excluding hydrogens is 374 g/mol. The fraction of sp³-hybridized carbons (Fsp3) is 0.455. The molecule has 1 aromatic carbocycles. The highest BCUT2D eigenvalue weighted by atomic mass is 16.5. The van der Waals surface area contributed by atoms with Crippen molar-refractivity contribution in [2.45, 2.75) is 63.9 Å². The van der Waals surface area contributed by atoms with E-state index in [1.54, 1.807) is 19.9 Å². The molecule has 0 saturated heterocycles. The van der Waals surface area contributed by atoms with E-state index in [0.717, 1.165) is 40.6 Å². The van der Waals surface area contributed by atoms with Gasteiger partial charge in [-0.15, -0.1) is 0 Å². The van der Waals surface area contributed by atoms with Crippen LogP contribution >= 0.6 is 0 Å². The van der Waals surface area contributed by atoms with Gasteiger partial charge in [-0.05, 0) is 44.4 Å². The molecule has 0 saturated carbocycles. The highest BCUT2D eigenvalue weighted by Crippen LogP contribution is 2.51. The van der Waals surface area contributed by atoms with Crippen molar-refractivity contribution >= 4 is 28.1 Å². The lowest BCUT2D eigenvalue weighted by Gasteiger charge is -2.35. The van der Waals surface area contributed by atoms with Gasteiger partial charge in [0, 0.05) is 28.5 Å². The smallest absolute Gasteiger partial charge is 0.305 e. The molecular formula is C22H23NO6. The van der Waals surface area contributed by atoms with Crippen LogP contribution in [0.4, 0.5) is 0 Å². The lowest BCUT2D eigenvalue weighted by Crippen LogP contribution is -2.35. The Morgan fingerprint density at radius 2 is 2.14 bits per heavy atom. The fourth-order valence-corrected chi connectivity index (χ4v) is 5.46. The number of ketones is 1. The molecule has 3 aliphatic rings. The number of aliphatic hydroxyl groups excluding tert-OH is 1. The summed E-state index contributed by atoms with van der Waals surface area (Å²) in [5.41, 5.74) is 3.46. The quantitative estimate of drug-likeness (QED) is 0.735. The van der Waals surface area contributed by atoms with E-state index in [-0.39, 0.29) is 29.6 Å². The van der Waals surface area contributed by atoms with Gasteiger partial charge in [-0.25, -0.2) is 0 Å². The van der Waals surface area contributed by atoms with Gasteiger partial charge in [-0.2, -0.15) is 0 Å². The zero-order valence-corrected chi connectivity index (χ0v) is 16.3. The minimum Gasteiger partial charge on any atom is -0.507 e. The normalized spacial score (nSPS) is 26.6. The van der Waals surface area contributed by atoms with Crippen molar-refractivity contribution in [1.82, 2.24) is 4.57 Å². The highest BCUT2D eigenvalue weighted by Gasteiger charge is 2.43. The van der Waals surface area contributed by atoms with Crippen molar-refractivity contribution in [2.24, 2.45) is 0 Å². The second-order valence-corrected chi connectivity index (χ2v) is 8.32. The topological polar surface area (TPSA) is 109 Å². The van der Waals surface area contributed by atoms with E-state index in [1.165, 1.54) is 0 Å². The lowest BCUT2D eigenvalue weighted by atomic mass is 9.80. The number of aryl methyl sites for hydroxylation is 1. The summed E-state index contributed by atoms with van der Waals surface area (Å²) in [6.07, 6.45) is 0.0818. The van der Waals surface area contributed by atoms with Gasteiger partial charge in [-0.1, -0.05) is 0 Å². The van der Waals surface area contributed by atoms with Crippen LogP contribution in [0.15, 0.2) is 17.7 Å². The molecule has 0 spiro atoms. The SMILES string of the molecule is CC(O)C1CCc2c3ccc(O)c4c3c(n21)C1=C(C4=O)[C@@H](C)O[C@H](CC(=O)O)C1. The number of phenolic OH excluding ortho intramolecular Hbond substituents is 1. The highest BCUT2D eigenvalue weighted by molar-refractivity contribution is 6.27. The monoisotopic (exact) mass is 397 g/mol. The van der Waals surface area contributed by atoms with Crippen LogP contribution in [0, 0.1) is 0 Å². The number of hydrogen-bond acceptors (Lipinski definition) is 5. The number of hydrogen-bond donors (Lipinski definition) is 3. The Kier molecular flexibility index (Phi) is 3.92. The van der Waals surface area contributed by atoms with Crippen LogP contribution < -0.4 is 0 Å². The first-order chi connectivity index (χ1) is 13.8. The van der Waals surface area contributed by atoms with E-state index in [1.807, 2.05) is 6.07 Å². The van der Waals surface area contributed by atoms with Gasteiger partial charge in [0.1, 0.15) is 5.75 Å². The average Bonchev–Trinajstić information content (AvgIpc) is 3.18. The van der Waals surface area contributed by atoms with Gasteiger partial charge in [-0.3, -0.25) is 9.59 Å². The Labute approximate surface area is 167 Å². The molecule has 2 aromatic rings. The number of carbonyl (C=O) groups excluding carboxylic acids is 1. The number of aliphatic carboxylic acids is 1. The van der Waals surface area contributed by atoms with E-state index in [0.29, 0.717) is 12.0 Å². The summed E-state index contributed by atoms with van der Waals surface area (Å²) in [4.78, 5) is 24.6. The van der Waals surface area contributed by atoms with Crippen LogP contribution in [0.2, 0.25) is 0 Å². The van der Waals surface area contributed by atoms with Gasteiger partial charge in [0.25, 0.3) is 0 Å². The van der Waals surface area contributed by atoms with Crippen molar-refractivity contribution in [2.75, 3.05) is 0 Å². The maximum atomic E-state index is 13.4. The molecule has 7 heteroatoms. The molecule has 3 heterocycles. The first-order valence-electron chi connectivity index (χ1n) is 10.0. The summed E-state index contributed by atoms with van der Waals surface area (Å²) in [5.74, 6) is -1.26. The summed E-state index contributed by atoms with van der Waals surface area (Å²) in [7, 11) is 0. The molecule has 1 aliphatic carbocycles. The third-order valence-corrected chi connectivity index (χ3v) is 6.55. The Morgan fingerprint density at radius 1 is 1.38 bits per heavy atom. The molecule has 152 valence electrons. The standard InChI is InChI=1S/C22H23NO6/c1-9(24)14-4-5-15-12-3-6-16(25)20-19(12)21(23(14)15)13-7-11(8-17(26)27)29-10(2)18(13)22(20)28/h3,6,9-11,14,24-25H,4-5,7-8H2,1-2H3,(H,26,27)/t9?,10-,11+,14?/m1/s1. The minimum absolute atomic E-state index is 0.0620. The Hall–Kier alpha value is -2.64. The number of aromatic nitrogens is 1. The zero-order valence-electron chi connectivity index (χ0n) is 16.3. The van der Waals surface area contributed by atoms with Crippen LogP contribution in [-0.4, -0.2) is 50.0 Å². The fourth-order valence-electron chi connectivity index (χ4n) is 5.46. The molecule has 0 radical (unpaired) electrons. The molecule has 3 N–H and O–H groups in total. The number of aromatic hydroxyl groups is 1. The van der Waals surface area contributed by atoms with Gasteiger partial charge in [0.2, 0.25) is 0 Å². The molecule has 0 amide bonds. The van der Waals surface area contributed by atoms with E-state index in [2.05, 4.69) is 4.57 Å². The van der Waals surface area contributed by atoms with Crippen molar-refractivity contribution in [3.8, 4) is 5.75 Å². The molecule has 7 nitrogen and oxygen atoms in total. The van der Waals surface area contributed by atoms with Crippen LogP contribution in [0.1, 0.15) is 60.9 Å². The first kappa shape index (κ1) is 18.4. The molecule has 2 unspecified atom stereocenters. The third-order valence-electron chi connectivity index (χ3n) is 6.55. The average molecular weight is 397 g/mol. The van der Waals surface area contributed by atoms with Crippen molar-refractivity contribution in [1.29, 1.82) is 0 Å². The summed E-state index contributed by atoms with van der Waals surface area (Å²) >= 11 is 0. The number of phenols is 1. The molecule has 0 bridgehead atoms. The Balaban J connectivity index is 1.82. The number of carboxylic acid groups (broad SMARTS) is 1. The van der Waals surface area contributed by atoms with Crippen LogP contribution in [0.5, 0.6) is 5.75 Å². The van der Waals surface area contributed by atoms with Crippen molar-refractivity contribution < 1.29 is 29.6 Å². The number of rotatable bonds is 3. The number of carboxylic acids is 1. The predicted molar refractivity (Wildman–Crippen MR) is 105 cm³/mol. The van der Waals surface area contributed by atoms with Gasteiger partial charge in [0.05, 0.1) is 42.0 Å². The molecule has 4 atom stereocenters. The molecule has 29 heavy (non-hydrogen) atoms. The van der Waals surface area contributed by atoms with Crippen molar-refractivity contribution in [3.63, 3.8) is 0 Å². The summed E-state index contributed by atoms with van der Waals surface area (Å²) < 4.78 is 7.98. The molecule has 2 aliphatic heterocycles. The van der Waals surface area contributed by atoms with E-state index < -0.39 is 24.3 Å². The zero-order chi connectivity index (χ0) is 20.6. The molecule has 1 aromatic heterocycles. The number of ether oxygens (including phenoxy) is 1. The summed E-state index contributed by atoms with van der Waals surface area (Å²) in [6, 6.07) is 3.27. The van der Waals surface area contributed by atoms with Gasteiger partial charge < -0.3 is 24.6 Å². The second-order valence-electron chi connectivity index (χ2n) is 8.32. The third kappa shape index (κ3) is 2.44. The minimum atomic E-state index is -0.946.